The first-order chi connectivity index (χ1) is 20.4. The number of rotatable bonds is 7. The molecule has 1 aliphatic heterocycles. The van der Waals surface area contributed by atoms with E-state index in [2.05, 4.69) is 10.2 Å². The third kappa shape index (κ3) is 5.43. The van der Waals surface area contributed by atoms with E-state index in [0.717, 1.165) is 35.7 Å². The largest absolute Gasteiger partial charge is 0.493 e. The summed E-state index contributed by atoms with van der Waals surface area (Å²) < 4.78 is 12.3. The van der Waals surface area contributed by atoms with Gasteiger partial charge in [-0.05, 0) is 79.6 Å². The van der Waals surface area contributed by atoms with Crippen LogP contribution in [0.25, 0.3) is 16.7 Å². The van der Waals surface area contributed by atoms with Gasteiger partial charge >= 0.3 is 0 Å². The van der Waals surface area contributed by atoms with Crippen molar-refractivity contribution in [3.8, 4) is 17.2 Å². The number of anilines is 1. The number of carbonyl (C=O) groups is 1. The molecule has 0 bridgehead atoms. The summed E-state index contributed by atoms with van der Waals surface area (Å²) >= 11 is 0. The van der Waals surface area contributed by atoms with E-state index >= 15 is 0 Å². The summed E-state index contributed by atoms with van der Waals surface area (Å²) in [6.45, 7) is 4.22. The van der Waals surface area contributed by atoms with Crippen molar-refractivity contribution in [2.24, 2.45) is 11.8 Å². The zero-order chi connectivity index (χ0) is 29.2. The van der Waals surface area contributed by atoms with Crippen LogP contribution < -0.4 is 25.2 Å². The number of aromatic nitrogens is 3. The predicted octanol–water partition coefficient (Wildman–Crippen LogP) is 5.05. The molecular weight excluding hydrogens is 530 g/mol. The average molecular weight is 568 g/mol. The number of pyridine rings is 1. The molecule has 218 valence electrons. The molecule has 1 saturated heterocycles. The van der Waals surface area contributed by atoms with Gasteiger partial charge in [0.05, 0.1) is 25.6 Å². The monoisotopic (exact) mass is 567 g/mol. The van der Waals surface area contributed by atoms with Gasteiger partial charge in [-0.25, -0.2) is 4.98 Å². The maximum absolute atomic E-state index is 13.2. The summed E-state index contributed by atoms with van der Waals surface area (Å²) in [6, 6.07) is 15.9. The molecule has 42 heavy (non-hydrogen) atoms. The fourth-order valence-corrected chi connectivity index (χ4v) is 6.46. The predicted molar refractivity (Wildman–Crippen MR) is 163 cm³/mol. The number of ether oxygens (including phenoxy) is 2. The Morgan fingerprint density at radius 3 is 2.45 bits per heavy atom. The Hall–Kier alpha value is -4.40. The van der Waals surface area contributed by atoms with Crippen LogP contribution in [0.15, 0.2) is 59.4 Å². The van der Waals surface area contributed by atoms with Crippen LogP contribution in [0, 0.1) is 18.8 Å². The van der Waals surface area contributed by atoms with E-state index in [9.17, 15) is 9.59 Å². The molecule has 2 aromatic carbocycles. The molecule has 0 radical (unpaired) electrons. The second kappa shape index (κ2) is 11.8. The number of aryl methyl sites for hydroxylation is 1. The summed E-state index contributed by atoms with van der Waals surface area (Å²) in [5.74, 6) is 3.21. The van der Waals surface area contributed by atoms with Crippen molar-refractivity contribution in [1.82, 2.24) is 19.9 Å². The number of amides is 1. The fraction of sp³-hybridized carbons (Fsp3) is 0.394. The second-order valence-electron chi connectivity index (χ2n) is 11.3. The molecule has 2 unspecified atom stereocenters. The van der Waals surface area contributed by atoms with Crippen molar-refractivity contribution in [1.29, 1.82) is 0 Å². The summed E-state index contributed by atoms with van der Waals surface area (Å²) in [5.41, 5.74) is 3.29. The van der Waals surface area contributed by atoms with Gasteiger partial charge in [0, 0.05) is 36.7 Å². The minimum atomic E-state index is -0.215. The van der Waals surface area contributed by atoms with Gasteiger partial charge in [-0.2, -0.15) is 4.98 Å². The Bertz CT molecular complexity index is 1670. The van der Waals surface area contributed by atoms with Crippen molar-refractivity contribution in [3.63, 3.8) is 0 Å². The first kappa shape index (κ1) is 27.8. The summed E-state index contributed by atoms with van der Waals surface area (Å²) in [4.78, 5) is 38.2. The fourth-order valence-electron chi connectivity index (χ4n) is 6.46. The zero-order valence-corrected chi connectivity index (χ0v) is 24.4. The van der Waals surface area contributed by atoms with E-state index in [1.54, 1.807) is 55.2 Å². The van der Waals surface area contributed by atoms with Crippen molar-refractivity contribution in [2.75, 3.05) is 32.2 Å². The number of piperidine rings is 1. The molecule has 4 aromatic rings. The van der Waals surface area contributed by atoms with Crippen molar-refractivity contribution >= 4 is 22.9 Å². The van der Waals surface area contributed by atoms with Crippen LogP contribution in [-0.2, 0) is 6.54 Å². The number of methoxy groups -OCH3 is 2. The van der Waals surface area contributed by atoms with E-state index in [0.29, 0.717) is 46.8 Å². The Morgan fingerprint density at radius 2 is 1.69 bits per heavy atom. The lowest BCUT2D eigenvalue weighted by Gasteiger charge is -2.41. The lowest BCUT2D eigenvalue weighted by Crippen LogP contribution is -2.42. The number of hydrogen-bond donors (Lipinski definition) is 1. The van der Waals surface area contributed by atoms with Crippen molar-refractivity contribution in [2.45, 2.75) is 45.6 Å². The van der Waals surface area contributed by atoms with E-state index < -0.39 is 0 Å². The molecule has 9 heteroatoms. The molecular formula is C33H37N5O4. The van der Waals surface area contributed by atoms with Crippen LogP contribution >= 0.6 is 0 Å². The minimum absolute atomic E-state index is 0.178. The summed E-state index contributed by atoms with van der Waals surface area (Å²) in [5, 5.41) is 3.78. The van der Waals surface area contributed by atoms with Gasteiger partial charge in [-0.1, -0.05) is 25.3 Å². The van der Waals surface area contributed by atoms with Crippen molar-refractivity contribution in [3.05, 3.63) is 81.8 Å². The third-order valence-corrected chi connectivity index (χ3v) is 8.79. The number of nitrogens with zero attached hydrogens (tertiary/aromatic N) is 4. The Kier molecular flexibility index (Phi) is 7.82. The molecule has 1 saturated carbocycles. The van der Waals surface area contributed by atoms with Gasteiger partial charge < -0.3 is 19.7 Å². The molecule has 1 amide bonds. The van der Waals surface area contributed by atoms with Gasteiger partial charge in [0.1, 0.15) is 0 Å². The van der Waals surface area contributed by atoms with Gasteiger partial charge in [0.15, 0.2) is 17.1 Å². The molecule has 2 atom stereocenters. The summed E-state index contributed by atoms with van der Waals surface area (Å²) in [7, 11) is 3.17. The number of benzene rings is 2. The Labute approximate surface area is 245 Å². The standard InChI is InChI=1S/C33H37N5O4/c1-21-27-13-15-30(39)38(31(27)36-33(35-21)37-17-16-23-6-4-5-7-25(23)20-37)26-11-9-24(10-12-26)32(40)34-19-22-8-14-28(41-2)29(18-22)42-3/h8-15,18,23,25H,4-7,16-17,19-20H2,1-3H3,(H,34,40). The highest BCUT2D eigenvalue weighted by Gasteiger charge is 2.32. The van der Waals surface area contributed by atoms with Crippen molar-refractivity contribution < 1.29 is 14.3 Å². The number of carbonyl (C=O) groups excluding carboxylic acids is 1. The molecule has 2 fully saturated rings. The molecule has 3 heterocycles. The molecule has 1 aliphatic carbocycles. The van der Waals surface area contributed by atoms with Crippen LogP contribution in [0.5, 0.6) is 11.5 Å². The van der Waals surface area contributed by atoms with E-state index in [4.69, 9.17) is 19.4 Å². The minimum Gasteiger partial charge on any atom is -0.493 e. The lowest BCUT2D eigenvalue weighted by molar-refractivity contribution is 0.0951. The number of hydrogen-bond acceptors (Lipinski definition) is 7. The van der Waals surface area contributed by atoms with Crippen LogP contribution in [0.1, 0.15) is 53.7 Å². The highest BCUT2D eigenvalue weighted by atomic mass is 16.5. The molecule has 2 aromatic heterocycles. The molecule has 9 nitrogen and oxygen atoms in total. The smallest absolute Gasteiger partial charge is 0.256 e. The second-order valence-corrected chi connectivity index (χ2v) is 11.3. The maximum atomic E-state index is 13.2. The van der Waals surface area contributed by atoms with E-state index in [1.165, 1.54) is 32.1 Å². The number of nitrogens with one attached hydrogen (secondary N) is 1. The van der Waals surface area contributed by atoms with Crippen LogP contribution in [0.3, 0.4) is 0 Å². The van der Waals surface area contributed by atoms with Crippen LogP contribution in [0.4, 0.5) is 5.95 Å². The number of fused-ring (bicyclic) bond motifs is 2. The van der Waals surface area contributed by atoms with E-state index in [1.807, 2.05) is 25.1 Å². The van der Waals surface area contributed by atoms with Crippen LogP contribution in [0.2, 0.25) is 0 Å². The third-order valence-electron chi connectivity index (χ3n) is 8.79. The first-order valence-corrected chi connectivity index (χ1v) is 14.7. The molecule has 6 rings (SSSR count). The molecule has 1 N–H and O–H groups in total. The van der Waals surface area contributed by atoms with Gasteiger partial charge in [-0.15, -0.1) is 0 Å². The quantitative estimate of drug-likeness (QED) is 0.334. The highest BCUT2D eigenvalue weighted by molar-refractivity contribution is 5.94. The van der Waals surface area contributed by atoms with Gasteiger partial charge in [0.2, 0.25) is 5.95 Å². The zero-order valence-electron chi connectivity index (χ0n) is 24.4. The highest BCUT2D eigenvalue weighted by Crippen LogP contribution is 2.37. The Balaban J connectivity index is 1.24. The first-order valence-electron chi connectivity index (χ1n) is 14.7. The van der Waals surface area contributed by atoms with E-state index in [-0.39, 0.29) is 11.5 Å². The topological polar surface area (TPSA) is 98.6 Å². The maximum Gasteiger partial charge on any atom is 0.256 e. The van der Waals surface area contributed by atoms with Crippen LogP contribution in [-0.4, -0.2) is 47.8 Å². The van der Waals surface area contributed by atoms with Gasteiger partial charge in [-0.3, -0.25) is 14.2 Å². The lowest BCUT2D eigenvalue weighted by atomic mass is 9.75. The summed E-state index contributed by atoms with van der Waals surface area (Å²) in [6.07, 6.45) is 6.42. The van der Waals surface area contributed by atoms with Gasteiger partial charge in [0.25, 0.3) is 11.5 Å². The normalized spacial score (nSPS) is 18.4. The molecule has 0 spiro atoms. The average Bonchev–Trinajstić information content (AvgIpc) is 3.03. The Morgan fingerprint density at radius 1 is 0.929 bits per heavy atom. The molecule has 2 aliphatic rings. The SMILES string of the molecule is COc1ccc(CNC(=O)c2ccc(-n3c(=O)ccc4c(C)nc(N5CCC6CCCCC6C5)nc43)cc2)cc1OC.